The van der Waals surface area contributed by atoms with E-state index in [0.29, 0.717) is 28.5 Å². The molecular weight excluding hydrogens is 421 g/mol. The quantitative estimate of drug-likeness (QED) is 0.410. The van der Waals surface area contributed by atoms with Gasteiger partial charge in [0.15, 0.2) is 0 Å². The van der Waals surface area contributed by atoms with Gasteiger partial charge in [0, 0.05) is 17.4 Å². The molecule has 0 aliphatic carbocycles. The van der Waals surface area contributed by atoms with E-state index < -0.39 is 17.8 Å². The van der Waals surface area contributed by atoms with Crippen molar-refractivity contribution < 1.29 is 22.7 Å². The van der Waals surface area contributed by atoms with Crippen molar-refractivity contribution in [3.05, 3.63) is 78.0 Å². The zero-order valence-electron chi connectivity index (χ0n) is 17.2. The molecule has 2 amide bonds. The van der Waals surface area contributed by atoms with Gasteiger partial charge in [-0.15, -0.1) is 0 Å². The van der Waals surface area contributed by atoms with E-state index >= 15 is 0 Å². The number of methoxy groups -OCH3 is 1. The lowest BCUT2D eigenvalue weighted by Crippen LogP contribution is -2.21. The molecule has 0 aliphatic rings. The van der Waals surface area contributed by atoms with Crippen molar-refractivity contribution in [3.63, 3.8) is 0 Å². The van der Waals surface area contributed by atoms with Crippen LogP contribution in [0.2, 0.25) is 0 Å². The summed E-state index contributed by atoms with van der Waals surface area (Å²) < 4.78 is 46.1. The van der Waals surface area contributed by atoms with Crippen LogP contribution in [0.25, 0.3) is 16.9 Å². The number of ether oxygens (including phenoxy) is 1. The van der Waals surface area contributed by atoms with Crippen molar-refractivity contribution in [2.75, 3.05) is 17.7 Å². The lowest BCUT2D eigenvalue weighted by Gasteiger charge is -2.12. The Morgan fingerprint density at radius 1 is 1.03 bits per heavy atom. The molecule has 0 fully saturated rings. The van der Waals surface area contributed by atoms with Crippen LogP contribution in [0, 0.1) is 6.92 Å². The van der Waals surface area contributed by atoms with Crippen LogP contribution in [-0.4, -0.2) is 22.5 Å². The number of aromatic nitrogens is 2. The van der Waals surface area contributed by atoms with Gasteiger partial charge in [0.1, 0.15) is 22.9 Å². The largest absolute Gasteiger partial charge is 0.496 e. The fourth-order valence-electron chi connectivity index (χ4n) is 3.34. The SMILES string of the molecule is COc1ccccc1-c1nc2ccc(C)cn2c1NC(=O)Nc1cccc(C(F)(F)F)c1. The molecule has 164 valence electrons. The number of para-hydroxylation sites is 1. The van der Waals surface area contributed by atoms with E-state index in [1.165, 1.54) is 19.2 Å². The zero-order chi connectivity index (χ0) is 22.9. The van der Waals surface area contributed by atoms with E-state index in [1.807, 2.05) is 37.3 Å². The molecule has 2 aromatic carbocycles. The van der Waals surface area contributed by atoms with Gasteiger partial charge in [0.25, 0.3) is 0 Å². The van der Waals surface area contributed by atoms with Crippen molar-refractivity contribution >= 4 is 23.2 Å². The van der Waals surface area contributed by atoms with Crippen molar-refractivity contribution in [3.8, 4) is 17.0 Å². The Kier molecular flexibility index (Phi) is 5.48. The summed E-state index contributed by atoms with van der Waals surface area (Å²) in [5, 5.41) is 5.19. The minimum atomic E-state index is -4.51. The molecule has 2 N–H and O–H groups in total. The maximum atomic E-state index is 13.0. The first kappa shape index (κ1) is 21.2. The second-order valence-electron chi connectivity index (χ2n) is 7.10. The summed E-state index contributed by atoms with van der Waals surface area (Å²) in [5.41, 5.74) is 1.81. The highest BCUT2D eigenvalue weighted by atomic mass is 19.4. The maximum Gasteiger partial charge on any atom is 0.416 e. The van der Waals surface area contributed by atoms with E-state index in [-0.39, 0.29) is 5.69 Å². The number of hydrogen-bond donors (Lipinski definition) is 2. The number of fused-ring (bicyclic) bond motifs is 1. The molecule has 0 spiro atoms. The Hall–Kier alpha value is -4.01. The number of benzene rings is 2. The molecular formula is C23H19F3N4O2. The highest BCUT2D eigenvalue weighted by Crippen LogP contribution is 2.35. The molecule has 4 aromatic rings. The monoisotopic (exact) mass is 440 g/mol. The van der Waals surface area contributed by atoms with E-state index in [0.717, 1.165) is 17.7 Å². The normalized spacial score (nSPS) is 11.4. The van der Waals surface area contributed by atoms with Crippen LogP contribution in [0.1, 0.15) is 11.1 Å². The standard InChI is InChI=1S/C23H19F3N4O2/c1-14-10-11-19-28-20(17-8-3-4-9-18(17)32-2)21(30(19)13-14)29-22(31)27-16-7-5-6-15(12-16)23(24,25)26/h3-13H,1-2H3,(H2,27,29,31). The molecule has 2 heterocycles. The van der Waals surface area contributed by atoms with Crippen molar-refractivity contribution in [2.24, 2.45) is 0 Å². The number of imidazole rings is 1. The number of pyridine rings is 1. The highest BCUT2D eigenvalue weighted by Gasteiger charge is 2.30. The third-order valence-electron chi connectivity index (χ3n) is 4.81. The molecule has 0 saturated carbocycles. The van der Waals surface area contributed by atoms with Gasteiger partial charge >= 0.3 is 12.2 Å². The number of alkyl halides is 3. The van der Waals surface area contributed by atoms with Crippen LogP contribution in [0.15, 0.2) is 66.9 Å². The summed E-state index contributed by atoms with van der Waals surface area (Å²) in [5.74, 6) is 0.923. The van der Waals surface area contributed by atoms with Crippen LogP contribution in [0.4, 0.5) is 29.5 Å². The van der Waals surface area contributed by atoms with Crippen molar-refractivity contribution in [1.29, 1.82) is 0 Å². The lowest BCUT2D eigenvalue weighted by molar-refractivity contribution is -0.137. The molecule has 0 bridgehead atoms. The Balaban J connectivity index is 1.72. The molecule has 6 nitrogen and oxygen atoms in total. The molecule has 0 saturated heterocycles. The molecule has 4 rings (SSSR count). The van der Waals surface area contributed by atoms with Crippen LogP contribution < -0.4 is 15.4 Å². The zero-order valence-corrected chi connectivity index (χ0v) is 17.2. The predicted octanol–water partition coefficient (Wildman–Crippen LogP) is 5.98. The van der Waals surface area contributed by atoms with Gasteiger partial charge in [-0.2, -0.15) is 13.2 Å². The van der Waals surface area contributed by atoms with E-state index in [4.69, 9.17) is 4.74 Å². The summed E-state index contributed by atoms with van der Waals surface area (Å²) in [6.07, 6.45) is -2.70. The van der Waals surface area contributed by atoms with Crippen molar-refractivity contribution in [2.45, 2.75) is 13.1 Å². The smallest absolute Gasteiger partial charge is 0.416 e. The Bertz CT molecular complexity index is 1300. The summed E-state index contributed by atoms with van der Waals surface area (Å²) >= 11 is 0. The lowest BCUT2D eigenvalue weighted by atomic mass is 10.1. The summed E-state index contributed by atoms with van der Waals surface area (Å²) in [4.78, 5) is 17.4. The number of hydrogen-bond acceptors (Lipinski definition) is 3. The number of carbonyl (C=O) groups excluding carboxylic acids is 1. The van der Waals surface area contributed by atoms with Crippen LogP contribution in [-0.2, 0) is 6.18 Å². The maximum absolute atomic E-state index is 13.0. The van der Waals surface area contributed by atoms with Crippen LogP contribution in [0.3, 0.4) is 0 Å². The summed E-state index contributed by atoms with van der Waals surface area (Å²) in [7, 11) is 1.53. The molecule has 9 heteroatoms. The highest BCUT2D eigenvalue weighted by molar-refractivity contribution is 6.02. The average Bonchev–Trinajstić information content (AvgIpc) is 3.10. The first-order valence-electron chi connectivity index (χ1n) is 9.63. The molecule has 0 radical (unpaired) electrons. The van der Waals surface area contributed by atoms with Gasteiger partial charge in [-0.3, -0.25) is 9.72 Å². The van der Waals surface area contributed by atoms with Gasteiger partial charge in [-0.1, -0.05) is 24.3 Å². The van der Waals surface area contributed by atoms with Crippen molar-refractivity contribution in [1.82, 2.24) is 9.38 Å². The van der Waals surface area contributed by atoms with E-state index in [9.17, 15) is 18.0 Å². The number of anilines is 2. The molecule has 0 aliphatic heterocycles. The number of nitrogens with zero attached hydrogens (tertiary/aromatic N) is 2. The number of nitrogens with one attached hydrogen (secondary N) is 2. The first-order chi connectivity index (χ1) is 15.3. The Labute approximate surface area is 181 Å². The number of amides is 2. The second kappa shape index (κ2) is 8.26. The van der Waals surface area contributed by atoms with E-state index in [1.54, 1.807) is 16.7 Å². The first-order valence-corrected chi connectivity index (χ1v) is 9.63. The number of carbonyl (C=O) groups is 1. The topological polar surface area (TPSA) is 67.7 Å². The minimum Gasteiger partial charge on any atom is -0.496 e. The Morgan fingerprint density at radius 3 is 2.56 bits per heavy atom. The third-order valence-corrected chi connectivity index (χ3v) is 4.81. The molecule has 0 unspecified atom stereocenters. The van der Waals surface area contributed by atoms with Gasteiger partial charge in [0.05, 0.1) is 12.7 Å². The fraction of sp³-hybridized carbons (Fsp3) is 0.130. The number of rotatable bonds is 4. The van der Waals surface area contributed by atoms with Gasteiger partial charge in [-0.05, 0) is 48.9 Å². The fourth-order valence-corrected chi connectivity index (χ4v) is 3.34. The Morgan fingerprint density at radius 2 is 1.81 bits per heavy atom. The van der Waals surface area contributed by atoms with Crippen LogP contribution >= 0.6 is 0 Å². The second-order valence-corrected chi connectivity index (χ2v) is 7.10. The minimum absolute atomic E-state index is 0.0150. The van der Waals surface area contributed by atoms with Crippen LogP contribution in [0.5, 0.6) is 5.75 Å². The summed E-state index contributed by atoms with van der Waals surface area (Å²) in [6.45, 7) is 1.90. The number of aryl methyl sites for hydroxylation is 1. The number of halogens is 3. The number of urea groups is 1. The van der Waals surface area contributed by atoms with Gasteiger partial charge < -0.3 is 10.1 Å². The molecule has 0 atom stereocenters. The van der Waals surface area contributed by atoms with Gasteiger partial charge in [-0.25, -0.2) is 9.78 Å². The predicted molar refractivity (Wildman–Crippen MR) is 116 cm³/mol. The van der Waals surface area contributed by atoms with E-state index in [2.05, 4.69) is 15.6 Å². The molecule has 32 heavy (non-hydrogen) atoms. The molecule has 2 aromatic heterocycles. The third kappa shape index (κ3) is 4.22. The summed E-state index contributed by atoms with van der Waals surface area (Å²) in [6, 6.07) is 14.6. The average molecular weight is 440 g/mol. The van der Waals surface area contributed by atoms with Gasteiger partial charge in [0.2, 0.25) is 0 Å².